The van der Waals surface area contributed by atoms with Crippen LogP contribution in [0.3, 0.4) is 0 Å². The van der Waals surface area contributed by atoms with Gasteiger partial charge in [0.05, 0.1) is 5.60 Å². The van der Waals surface area contributed by atoms with Gasteiger partial charge in [0.2, 0.25) is 0 Å². The van der Waals surface area contributed by atoms with Crippen molar-refractivity contribution in [3.63, 3.8) is 0 Å². The van der Waals surface area contributed by atoms with Crippen molar-refractivity contribution in [3.8, 4) is 0 Å². The number of hydrogen-bond acceptors (Lipinski definition) is 3. The van der Waals surface area contributed by atoms with Gasteiger partial charge in [0.1, 0.15) is 6.33 Å². The highest BCUT2D eigenvalue weighted by Crippen LogP contribution is 2.27. The van der Waals surface area contributed by atoms with E-state index in [9.17, 15) is 5.11 Å². The summed E-state index contributed by atoms with van der Waals surface area (Å²) in [6.07, 6.45) is 6.05. The maximum Gasteiger partial charge on any atom is 0.115 e. The maximum absolute atomic E-state index is 10.7. The first-order chi connectivity index (χ1) is 8.24. The Morgan fingerprint density at radius 2 is 1.76 bits per heavy atom. The average Bonchev–Trinajstić information content (AvgIpc) is 2.41. The van der Waals surface area contributed by atoms with Crippen LogP contribution in [0.5, 0.6) is 0 Å². The normalized spacial score (nSPS) is 14.2. The van der Waals surface area contributed by atoms with E-state index in [1.54, 1.807) is 12.4 Å². The monoisotopic (exact) mass is 228 g/mol. The Morgan fingerprint density at radius 3 is 2.35 bits per heavy atom. The summed E-state index contributed by atoms with van der Waals surface area (Å²) in [4.78, 5) is 7.94. The third-order valence-corrected chi connectivity index (χ3v) is 3.02. The second-order valence-electron chi connectivity index (χ2n) is 4.17. The molecule has 0 bridgehead atoms. The molecule has 1 atom stereocenters. The van der Waals surface area contributed by atoms with Crippen LogP contribution in [0.2, 0.25) is 0 Å². The fraction of sp³-hybridized carbons (Fsp3) is 0.286. The molecule has 0 aliphatic rings. The van der Waals surface area contributed by atoms with Gasteiger partial charge in [-0.3, -0.25) is 0 Å². The number of aromatic nitrogens is 2. The average molecular weight is 228 g/mol. The quantitative estimate of drug-likeness (QED) is 0.873. The van der Waals surface area contributed by atoms with E-state index < -0.39 is 5.60 Å². The molecule has 0 radical (unpaired) electrons. The summed E-state index contributed by atoms with van der Waals surface area (Å²) in [6.45, 7) is 1.97. The summed E-state index contributed by atoms with van der Waals surface area (Å²) >= 11 is 0. The lowest BCUT2D eigenvalue weighted by atomic mass is 9.87. The minimum absolute atomic E-state index is 0.581. The van der Waals surface area contributed by atoms with Crippen LogP contribution in [0.1, 0.15) is 24.5 Å². The van der Waals surface area contributed by atoms with Gasteiger partial charge in [0, 0.05) is 24.4 Å². The van der Waals surface area contributed by atoms with E-state index in [1.165, 1.54) is 6.33 Å². The molecule has 17 heavy (non-hydrogen) atoms. The molecule has 0 amide bonds. The number of benzene rings is 1. The molecule has 0 aliphatic carbocycles. The van der Waals surface area contributed by atoms with Crippen LogP contribution in [0.15, 0.2) is 49.1 Å². The fourth-order valence-electron chi connectivity index (χ4n) is 1.90. The fourth-order valence-corrected chi connectivity index (χ4v) is 1.90. The first kappa shape index (κ1) is 11.7. The molecule has 1 heterocycles. The molecule has 0 saturated carbocycles. The molecule has 1 aromatic heterocycles. The smallest absolute Gasteiger partial charge is 0.115 e. The Balaban J connectivity index is 2.27. The van der Waals surface area contributed by atoms with E-state index in [0.717, 1.165) is 11.1 Å². The van der Waals surface area contributed by atoms with Crippen LogP contribution < -0.4 is 0 Å². The Morgan fingerprint density at radius 1 is 1.12 bits per heavy atom. The van der Waals surface area contributed by atoms with Crippen molar-refractivity contribution in [1.82, 2.24) is 9.97 Å². The zero-order valence-corrected chi connectivity index (χ0v) is 9.87. The molecule has 88 valence electrons. The lowest BCUT2D eigenvalue weighted by molar-refractivity contribution is 0.0320. The topological polar surface area (TPSA) is 46.0 Å². The van der Waals surface area contributed by atoms with Crippen LogP contribution in [-0.4, -0.2) is 15.1 Å². The van der Waals surface area contributed by atoms with E-state index in [2.05, 4.69) is 9.97 Å². The minimum Gasteiger partial charge on any atom is -0.385 e. The van der Waals surface area contributed by atoms with Gasteiger partial charge in [-0.2, -0.15) is 0 Å². The molecule has 3 nitrogen and oxygen atoms in total. The van der Waals surface area contributed by atoms with E-state index >= 15 is 0 Å². The summed E-state index contributed by atoms with van der Waals surface area (Å²) in [5, 5.41) is 10.7. The molecule has 2 aromatic rings. The van der Waals surface area contributed by atoms with Crippen molar-refractivity contribution in [2.75, 3.05) is 0 Å². The maximum atomic E-state index is 10.7. The molecule has 1 aromatic carbocycles. The summed E-state index contributed by atoms with van der Waals surface area (Å²) < 4.78 is 0. The van der Waals surface area contributed by atoms with Crippen molar-refractivity contribution in [2.45, 2.75) is 25.4 Å². The van der Waals surface area contributed by atoms with Gasteiger partial charge in [-0.05, 0) is 12.0 Å². The summed E-state index contributed by atoms with van der Waals surface area (Å²) in [5.74, 6) is 0. The predicted molar refractivity (Wildman–Crippen MR) is 66.4 cm³/mol. The van der Waals surface area contributed by atoms with Crippen LogP contribution in [0, 0.1) is 0 Å². The molecular weight excluding hydrogens is 212 g/mol. The minimum atomic E-state index is -0.886. The molecule has 1 N–H and O–H groups in total. The van der Waals surface area contributed by atoms with E-state index in [-0.39, 0.29) is 0 Å². The lowest BCUT2D eigenvalue weighted by Gasteiger charge is -2.26. The van der Waals surface area contributed by atoms with Crippen molar-refractivity contribution in [2.24, 2.45) is 0 Å². The summed E-state index contributed by atoms with van der Waals surface area (Å²) in [5.41, 5.74) is 0.995. The molecule has 1 unspecified atom stereocenters. The molecule has 3 heteroatoms. The number of nitrogens with zero attached hydrogens (tertiary/aromatic N) is 2. The highest BCUT2D eigenvalue weighted by atomic mass is 16.3. The lowest BCUT2D eigenvalue weighted by Crippen LogP contribution is -2.28. The van der Waals surface area contributed by atoms with Crippen molar-refractivity contribution in [1.29, 1.82) is 0 Å². The number of rotatable bonds is 4. The largest absolute Gasteiger partial charge is 0.385 e. The Hall–Kier alpha value is -1.74. The Bertz CT molecular complexity index is 458. The predicted octanol–water partition coefficient (Wildman–Crippen LogP) is 2.32. The van der Waals surface area contributed by atoms with Crippen LogP contribution >= 0.6 is 0 Å². The zero-order valence-electron chi connectivity index (χ0n) is 9.87. The van der Waals surface area contributed by atoms with Crippen molar-refractivity contribution in [3.05, 3.63) is 60.2 Å². The molecule has 0 saturated heterocycles. The van der Waals surface area contributed by atoms with Gasteiger partial charge in [-0.25, -0.2) is 9.97 Å². The Labute approximate surface area is 101 Å². The third kappa shape index (κ3) is 2.68. The standard InChI is InChI=1S/C14H16N2O/c1-2-14(17,13-9-15-11-16-10-13)8-12-6-4-3-5-7-12/h3-7,9-11,17H,2,8H2,1H3. The Kier molecular flexibility index (Phi) is 3.49. The van der Waals surface area contributed by atoms with Crippen LogP contribution in [-0.2, 0) is 12.0 Å². The van der Waals surface area contributed by atoms with Crippen molar-refractivity contribution < 1.29 is 5.11 Å². The number of aliphatic hydroxyl groups is 1. The van der Waals surface area contributed by atoms with E-state index in [0.29, 0.717) is 12.8 Å². The first-order valence-corrected chi connectivity index (χ1v) is 5.76. The molecular formula is C14H16N2O. The van der Waals surface area contributed by atoms with E-state index in [4.69, 9.17) is 0 Å². The van der Waals surface area contributed by atoms with Gasteiger partial charge >= 0.3 is 0 Å². The van der Waals surface area contributed by atoms with Gasteiger partial charge in [-0.15, -0.1) is 0 Å². The van der Waals surface area contributed by atoms with E-state index in [1.807, 2.05) is 37.3 Å². The van der Waals surface area contributed by atoms with Gasteiger partial charge in [0.25, 0.3) is 0 Å². The summed E-state index contributed by atoms with van der Waals surface area (Å²) in [6, 6.07) is 9.97. The molecule has 0 spiro atoms. The highest BCUT2D eigenvalue weighted by molar-refractivity contribution is 5.22. The second-order valence-corrected chi connectivity index (χ2v) is 4.17. The van der Waals surface area contributed by atoms with Gasteiger partial charge in [0.15, 0.2) is 0 Å². The van der Waals surface area contributed by atoms with Crippen molar-refractivity contribution >= 4 is 0 Å². The number of hydrogen-bond donors (Lipinski definition) is 1. The van der Waals surface area contributed by atoms with Gasteiger partial charge < -0.3 is 5.11 Å². The van der Waals surface area contributed by atoms with Crippen LogP contribution in [0.4, 0.5) is 0 Å². The first-order valence-electron chi connectivity index (χ1n) is 5.76. The molecule has 2 rings (SSSR count). The van der Waals surface area contributed by atoms with Gasteiger partial charge in [-0.1, -0.05) is 37.3 Å². The molecule has 0 fully saturated rings. The second kappa shape index (κ2) is 5.06. The SMILES string of the molecule is CCC(O)(Cc1ccccc1)c1cncnc1. The molecule has 0 aliphatic heterocycles. The zero-order chi connectivity index (χ0) is 12.1. The summed E-state index contributed by atoms with van der Waals surface area (Å²) in [7, 11) is 0. The third-order valence-electron chi connectivity index (χ3n) is 3.02. The van der Waals surface area contributed by atoms with Crippen LogP contribution in [0.25, 0.3) is 0 Å². The highest BCUT2D eigenvalue weighted by Gasteiger charge is 2.27.